The monoisotopic (exact) mass is 258 g/mol. The number of rotatable bonds is 1. The lowest BCUT2D eigenvalue weighted by atomic mass is 9.96. The molecule has 0 spiro atoms. The van der Waals surface area contributed by atoms with Gasteiger partial charge in [0.05, 0.1) is 11.6 Å². The van der Waals surface area contributed by atoms with E-state index < -0.39 is 11.7 Å². The van der Waals surface area contributed by atoms with Crippen molar-refractivity contribution in [2.24, 2.45) is 0 Å². The van der Waals surface area contributed by atoms with Crippen LogP contribution in [0.25, 0.3) is 0 Å². The number of hydrogen-bond donors (Lipinski definition) is 1. The first-order chi connectivity index (χ1) is 8.29. The van der Waals surface area contributed by atoms with Gasteiger partial charge >= 0.3 is 6.18 Å². The van der Waals surface area contributed by atoms with E-state index >= 15 is 0 Å². The molecule has 1 atom stereocenters. The van der Waals surface area contributed by atoms with Gasteiger partial charge in [-0.05, 0) is 38.2 Å². The van der Waals surface area contributed by atoms with Gasteiger partial charge in [-0.15, -0.1) is 0 Å². The van der Waals surface area contributed by atoms with Crippen LogP contribution in [0.15, 0.2) is 18.2 Å². The second-order valence-electron chi connectivity index (χ2n) is 4.54. The van der Waals surface area contributed by atoms with Crippen LogP contribution in [0.1, 0.15) is 11.1 Å². The van der Waals surface area contributed by atoms with Crippen molar-refractivity contribution in [2.75, 3.05) is 19.4 Å². The van der Waals surface area contributed by atoms with Crippen molar-refractivity contribution >= 4 is 11.6 Å². The maximum Gasteiger partial charge on any atom is 0.416 e. The molecule has 1 aliphatic rings. The third kappa shape index (κ3) is 2.33. The van der Waals surface area contributed by atoms with E-state index in [9.17, 15) is 18.0 Å². The molecule has 0 aliphatic carbocycles. The van der Waals surface area contributed by atoms with E-state index in [1.165, 1.54) is 6.07 Å². The van der Waals surface area contributed by atoms with Gasteiger partial charge in [0.15, 0.2) is 0 Å². The maximum atomic E-state index is 12.5. The molecule has 1 heterocycles. The second kappa shape index (κ2) is 4.28. The third-order valence-corrected chi connectivity index (χ3v) is 3.03. The fraction of sp³-hybridized carbons (Fsp3) is 0.417. The van der Waals surface area contributed by atoms with Crippen LogP contribution in [0, 0.1) is 0 Å². The van der Waals surface area contributed by atoms with Gasteiger partial charge in [-0.2, -0.15) is 13.2 Å². The smallest absolute Gasteiger partial charge is 0.324 e. The van der Waals surface area contributed by atoms with Crippen molar-refractivity contribution in [1.82, 2.24) is 4.90 Å². The van der Waals surface area contributed by atoms with Crippen molar-refractivity contribution < 1.29 is 18.0 Å². The number of fused-ring (bicyclic) bond motifs is 1. The lowest BCUT2D eigenvalue weighted by Gasteiger charge is -2.29. The minimum absolute atomic E-state index is 0.257. The number of carbonyl (C=O) groups is 1. The van der Waals surface area contributed by atoms with E-state index in [2.05, 4.69) is 5.32 Å². The summed E-state index contributed by atoms with van der Waals surface area (Å²) in [5.41, 5.74) is 0.235. The van der Waals surface area contributed by atoms with Crippen LogP contribution < -0.4 is 5.32 Å². The number of carbonyl (C=O) groups excluding carboxylic acids is 1. The molecule has 1 unspecified atom stereocenters. The highest BCUT2D eigenvalue weighted by atomic mass is 19.4. The van der Waals surface area contributed by atoms with Gasteiger partial charge in [0.25, 0.3) is 0 Å². The average molecular weight is 258 g/mol. The largest absolute Gasteiger partial charge is 0.416 e. The van der Waals surface area contributed by atoms with Crippen molar-refractivity contribution in [3.8, 4) is 0 Å². The highest BCUT2D eigenvalue weighted by Gasteiger charge is 2.33. The molecular formula is C12H13F3N2O. The molecule has 6 heteroatoms. The highest BCUT2D eigenvalue weighted by Crippen LogP contribution is 2.34. The fourth-order valence-electron chi connectivity index (χ4n) is 1.98. The Morgan fingerprint density at radius 1 is 1.33 bits per heavy atom. The number of nitrogens with one attached hydrogen (secondary N) is 1. The maximum absolute atomic E-state index is 12.5. The van der Waals surface area contributed by atoms with Crippen LogP contribution in [0.5, 0.6) is 0 Å². The zero-order chi connectivity index (χ0) is 13.5. The molecule has 1 N–H and O–H groups in total. The predicted molar refractivity (Wildman–Crippen MR) is 61.3 cm³/mol. The summed E-state index contributed by atoms with van der Waals surface area (Å²) in [7, 11) is 3.53. The van der Waals surface area contributed by atoms with Gasteiger partial charge in [0.2, 0.25) is 5.91 Å². The van der Waals surface area contributed by atoms with Crippen molar-refractivity contribution in [3.63, 3.8) is 0 Å². The van der Waals surface area contributed by atoms with E-state index in [0.717, 1.165) is 17.7 Å². The minimum atomic E-state index is -4.39. The summed E-state index contributed by atoms with van der Waals surface area (Å²) in [6, 6.07) is 3.12. The third-order valence-electron chi connectivity index (χ3n) is 3.03. The first-order valence-corrected chi connectivity index (χ1v) is 5.46. The Hall–Kier alpha value is -1.56. The topological polar surface area (TPSA) is 32.3 Å². The highest BCUT2D eigenvalue weighted by molar-refractivity contribution is 5.98. The number of alkyl halides is 3. The summed E-state index contributed by atoms with van der Waals surface area (Å²) >= 11 is 0. The van der Waals surface area contributed by atoms with E-state index in [1.807, 2.05) is 0 Å². The molecule has 1 amide bonds. The normalized spacial score (nSPS) is 19.7. The molecule has 0 radical (unpaired) electrons. The van der Waals surface area contributed by atoms with Crippen LogP contribution >= 0.6 is 0 Å². The number of halogens is 3. The summed E-state index contributed by atoms with van der Waals surface area (Å²) in [5, 5.41) is 2.52. The average Bonchev–Trinajstić information content (AvgIpc) is 2.25. The van der Waals surface area contributed by atoms with Crippen LogP contribution in [0.2, 0.25) is 0 Å². The standard InChI is InChI=1S/C12H13F3N2O/c1-17(2)10-5-7-3-4-8(12(13,14)15)6-9(7)16-11(10)18/h3-4,6,10H,5H2,1-2H3,(H,16,18). The van der Waals surface area contributed by atoms with Crippen molar-refractivity contribution in [3.05, 3.63) is 29.3 Å². The van der Waals surface area contributed by atoms with Crippen molar-refractivity contribution in [1.29, 1.82) is 0 Å². The van der Waals surface area contributed by atoms with Gasteiger partial charge in [0.1, 0.15) is 0 Å². The summed E-state index contributed by atoms with van der Waals surface area (Å²) < 4.78 is 37.6. The molecule has 1 aromatic rings. The fourth-order valence-corrected chi connectivity index (χ4v) is 1.98. The quantitative estimate of drug-likeness (QED) is 0.837. The second-order valence-corrected chi connectivity index (χ2v) is 4.54. The molecule has 0 fully saturated rings. The molecule has 1 aromatic carbocycles. The first-order valence-electron chi connectivity index (χ1n) is 5.46. The van der Waals surface area contributed by atoms with Gasteiger partial charge in [0, 0.05) is 5.69 Å². The zero-order valence-electron chi connectivity index (χ0n) is 10.0. The Kier molecular flexibility index (Phi) is 3.06. The molecule has 0 aromatic heterocycles. The predicted octanol–water partition coefficient (Wildman–Crippen LogP) is 2.13. The van der Waals surface area contributed by atoms with Crippen LogP contribution in [-0.4, -0.2) is 30.9 Å². The van der Waals surface area contributed by atoms with E-state index in [-0.39, 0.29) is 17.6 Å². The van der Waals surface area contributed by atoms with Crippen molar-refractivity contribution in [2.45, 2.75) is 18.6 Å². The minimum Gasteiger partial charge on any atom is -0.324 e. The Labute approximate surface area is 103 Å². The van der Waals surface area contributed by atoms with Gasteiger partial charge in [-0.1, -0.05) is 6.07 Å². The van der Waals surface area contributed by atoms with Crippen LogP contribution in [0.4, 0.5) is 18.9 Å². The van der Waals surface area contributed by atoms with Gasteiger partial charge < -0.3 is 5.32 Å². The molecule has 98 valence electrons. The molecule has 2 rings (SSSR count). The lowest BCUT2D eigenvalue weighted by molar-refractivity contribution is -0.137. The van der Waals surface area contributed by atoms with Crippen LogP contribution in [0.3, 0.4) is 0 Å². The molecule has 3 nitrogen and oxygen atoms in total. The number of nitrogens with zero attached hydrogens (tertiary/aromatic N) is 1. The molecular weight excluding hydrogens is 245 g/mol. The van der Waals surface area contributed by atoms with E-state index in [0.29, 0.717) is 6.42 Å². The lowest BCUT2D eigenvalue weighted by Crippen LogP contribution is -2.44. The SMILES string of the molecule is CN(C)C1Cc2ccc(C(F)(F)F)cc2NC1=O. The van der Waals surface area contributed by atoms with Gasteiger partial charge in [-0.3, -0.25) is 9.69 Å². The van der Waals surface area contributed by atoms with E-state index in [4.69, 9.17) is 0 Å². The number of amides is 1. The Morgan fingerprint density at radius 3 is 2.56 bits per heavy atom. The Morgan fingerprint density at radius 2 is 2.00 bits per heavy atom. The number of likely N-dealkylation sites (N-methyl/N-ethyl adjacent to an activating group) is 1. The van der Waals surface area contributed by atoms with Crippen LogP contribution in [-0.2, 0) is 17.4 Å². The zero-order valence-corrected chi connectivity index (χ0v) is 10.0. The Balaban J connectivity index is 2.35. The van der Waals surface area contributed by atoms with Gasteiger partial charge in [-0.25, -0.2) is 0 Å². The Bertz CT molecular complexity index is 483. The number of anilines is 1. The number of benzene rings is 1. The number of hydrogen-bond acceptors (Lipinski definition) is 2. The molecule has 0 saturated heterocycles. The van der Waals surface area contributed by atoms with E-state index in [1.54, 1.807) is 19.0 Å². The molecule has 0 saturated carbocycles. The summed E-state index contributed by atoms with van der Waals surface area (Å²) in [6.07, 6.45) is -3.97. The molecule has 1 aliphatic heterocycles. The summed E-state index contributed by atoms with van der Waals surface area (Å²) in [5.74, 6) is -0.271. The molecule has 0 bridgehead atoms. The first kappa shape index (κ1) is 12.9. The summed E-state index contributed by atoms with van der Waals surface area (Å²) in [4.78, 5) is 13.5. The summed E-state index contributed by atoms with van der Waals surface area (Å²) in [6.45, 7) is 0. The molecule has 18 heavy (non-hydrogen) atoms.